The summed E-state index contributed by atoms with van der Waals surface area (Å²) in [7, 11) is 0. The lowest BCUT2D eigenvalue weighted by Crippen LogP contribution is -2.27. The minimum atomic E-state index is -0.493. The molecule has 1 aromatic carbocycles. The topological polar surface area (TPSA) is 38.3 Å². The van der Waals surface area contributed by atoms with Crippen LogP contribution in [0.25, 0.3) is 0 Å². The first-order chi connectivity index (χ1) is 7.90. The first-order valence-corrected chi connectivity index (χ1v) is 5.43. The third kappa shape index (κ3) is 5.07. The van der Waals surface area contributed by atoms with Crippen molar-refractivity contribution >= 4 is 11.8 Å². The number of rotatable bonds is 2. The average Bonchev–Trinajstić information content (AvgIpc) is 2.18. The molecule has 1 N–H and O–H groups in total. The van der Waals surface area contributed by atoms with Crippen LogP contribution in [0.4, 0.5) is 10.5 Å². The molecule has 3 heteroatoms. The number of hydrogen-bond donors (Lipinski definition) is 1. The molecule has 0 radical (unpaired) electrons. The van der Waals surface area contributed by atoms with Gasteiger partial charge >= 0.3 is 6.09 Å². The molecule has 3 nitrogen and oxygen atoms in total. The van der Waals surface area contributed by atoms with E-state index in [0.29, 0.717) is 12.1 Å². The van der Waals surface area contributed by atoms with Crippen molar-refractivity contribution < 1.29 is 9.53 Å². The highest BCUT2D eigenvalue weighted by Gasteiger charge is 2.15. The van der Waals surface area contributed by atoms with Crippen LogP contribution in [0.5, 0.6) is 0 Å². The summed E-state index contributed by atoms with van der Waals surface area (Å²) in [6.07, 6.45) is 5.34. The van der Waals surface area contributed by atoms with Gasteiger partial charge < -0.3 is 4.74 Å². The normalized spacial score (nSPS) is 10.5. The van der Waals surface area contributed by atoms with Gasteiger partial charge in [-0.1, -0.05) is 12.1 Å². The zero-order valence-corrected chi connectivity index (χ0v) is 10.4. The second kappa shape index (κ2) is 5.40. The van der Waals surface area contributed by atoms with Gasteiger partial charge in [-0.3, -0.25) is 5.32 Å². The van der Waals surface area contributed by atoms with Gasteiger partial charge in [0.15, 0.2) is 0 Å². The maximum absolute atomic E-state index is 11.5. The molecule has 0 spiro atoms. The van der Waals surface area contributed by atoms with Crippen molar-refractivity contribution in [1.82, 2.24) is 0 Å². The number of carbonyl (C=O) groups excluding carboxylic acids is 1. The molecule has 0 saturated heterocycles. The summed E-state index contributed by atoms with van der Waals surface area (Å²) in [6.45, 7) is 5.47. The number of benzene rings is 1. The zero-order chi connectivity index (χ0) is 12.9. The Bertz CT molecular complexity index is 421. The van der Waals surface area contributed by atoms with E-state index >= 15 is 0 Å². The summed E-state index contributed by atoms with van der Waals surface area (Å²) in [5.74, 6) is 2.56. The maximum atomic E-state index is 11.5. The zero-order valence-electron chi connectivity index (χ0n) is 10.4. The highest BCUT2D eigenvalue weighted by molar-refractivity contribution is 5.84. The number of hydrogen-bond acceptors (Lipinski definition) is 2. The van der Waals surface area contributed by atoms with Crippen molar-refractivity contribution in [2.75, 3.05) is 5.32 Å². The molecule has 0 atom stereocenters. The van der Waals surface area contributed by atoms with Crippen LogP contribution in [-0.2, 0) is 11.2 Å². The van der Waals surface area contributed by atoms with Crippen LogP contribution in [0.15, 0.2) is 24.3 Å². The SMILES string of the molecule is C#CCc1ccc(NC(=O)OC(C)(C)C)cc1. The molecular weight excluding hydrogens is 214 g/mol. The van der Waals surface area contributed by atoms with E-state index in [1.807, 2.05) is 32.9 Å². The highest BCUT2D eigenvalue weighted by atomic mass is 16.6. The summed E-state index contributed by atoms with van der Waals surface area (Å²) >= 11 is 0. The Kier molecular flexibility index (Phi) is 4.17. The second-order valence-corrected chi connectivity index (χ2v) is 4.70. The van der Waals surface area contributed by atoms with Crippen molar-refractivity contribution in [3.05, 3.63) is 29.8 Å². The van der Waals surface area contributed by atoms with E-state index in [0.717, 1.165) is 5.56 Å². The smallest absolute Gasteiger partial charge is 0.412 e. The van der Waals surface area contributed by atoms with Crippen molar-refractivity contribution in [3.63, 3.8) is 0 Å². The van der Waals surface area contributed by atoms with Crippen molar-refractivity contribution in [1.29, 1.82) is 0 Å². The summed E-state index contributed by atoms with van der Waals surface area (Å²) in [6, 6.07) is 7.37. The maximum Gasteiger partial charge on any atom is 0.412 e. The van der Waals surface area contributed by atoms with Crippen LogP contribution < -0.4 is 5.32 Å². The average molecular weight is 231 g/mol. The molecule has 0 fully saturated rings. The molecule has 1 amide bonds. The summed E-state index contributed by atoms with van der Waals surface area (Å²) in [5, 5.41) is 2.65. The van der Waals surface area contributed by atoms with E-state index in [2.05, 4.69) is 11.2 Å². The lowest BCUT2D eigenvalue weighted by atomic mass is 10.1. The van der Waals surface area contributed by atoms with Crippen molar-refractivity contribution in [2.24, 2.45) is 0 Å². The quantitative estimate of drug-likeness (QED) is 0.794. The van der Waals surface area contributed by atoms with Crippen LogP contribution >= 0.6 is 0 Å². The Hall–Kier alpha value is -1.95. The second-order valence-electron chi connectivity index (χ2n) is 4.70. The lowest BCUT2D eigenvalue weighted by molar-refractivity contribution is 0.0636. The number of terminal acetylenes is 1. The fourth-order valence-corrected chi connectivity index (χ4v) is 1.25. The van der Waals surface area contributed by atoms with E-state index < -0.39 is 11.7 Å². The molecular formula is C14H17NO2. The Balaban J connectivity index is 2.58. The molecule has 17 heavy (non-hydrogen) atoms. The fourth-order valence-electron chi connectivity index (χ4n) is 1.25. The van der Waals surface area contributed by atoms with E-state index in [-0.39, 0.29) is 0 Å². The van der Waals surface area contributed by atoms with Gasteiger partial charge in [0, 0.05) is 12.1 Å². The van der Waals surface area contributed by atoms with Gasteiger partial charge in [-0.15, -0.1) is 12.3 Å². The Morgan fingerprint density at radius 3 is 2.41 bits per heavy atom. The number of amides is 1. The molecule has 0 unspecified atom stereocenters. The molecule has 0 saturated carbocycles. The minimum absolute atomic E-state index is 0.456. The predicted octanol–water partition coefficient (Wildman–Crippen LogP) is 3.21. The highest BCUT2D eigenvalue weighted by Crippen LogP contribution is 2.13. The van der Waals surface area contributed by atoms with Gasteiger partial charge in [0.05, 0.1) is 0 Å². The Morgan fingerprint density at radius 1 is 1.35 bits per heavy atom. The van der Waals surface area contributed by atoms with Gasteiger partial charge in [0.2, 0.25) is 0 Å². The van der Waals surface area contributed by atoms with Gasteiger partial charge in [-0.25, -0.2) is 4.79 Å². The van der Waals surface area contributed by atoms with Gasteiger partial charge in [-0.05, 0) is 38.5 Å². The molecule has 1 aromatic rings. The molecule has 1 rings (SSSR count). The summed E-state index contributed by atoms with van der Waals surface area (Å²) < 4.78 is 5.14. The monoisotopic (exact) mass is 231 g/mol. The van der Waals surface area contributed by atoms with Crippen LogP contribution in [0.2, 0.25) is 0 Å². The fraction of sp³-hybridized carbons (Fsp3) is 0.357. The van der Waals surface area contributed by atoms with Crippen LogP contribution in [-0.4, -0.2) is 11.7 Å². The molecule has 0 aliphatic heterocycles. The Labute approximate surface area is 102 Å². The summed E-state index contributed by atoms with van der Waals surface area (Å²) in [5.41, 5.74) is 1.25. The molecule has 90 valence electrons. The third-order valence-electron chi connectivity index (χ3n) is 1.91. The van der Waals surface area contributed by atoms with Gasteiger partial charge in [-0.2, -0.15) is 0 Å². The van der Waals surface area contributed by atoms with Crippen LogP contribution in [0.3, 0.4) is 0 Å². The number of ether oxygens (including phenoxy) is 1. The van der Waals surface area contributed by atoms with Crippen molar-refractivity contribution in [2.45, 2.75) is 32.8 Å². The first-order valence-electron chi connectivity index (χ1n) is 5.43. The summed E-state index contributed by atoms with van der Waals surface area (Å²) in [4.78, 5) is 11.5. The third-order valence-corrected chi connectivity index (χ3v) is 1.91. The molecule has 0 aliphatic carbocycles. The predicted molar refractivity (Wildman–Crippen MR) is 68.8 cm³/mol. The van der Waals surface area contributed by atoms with Gasteiger partial charge in [0.1, 0.15) is 5.60 Å². The molecule has 0 aromatic heterocycles. The molecule has 0 aliphatic rings. The lowest BCUT2D eigenvalue weighted by Gasteiger charge is -2.19. The van der Waals surface area contributed by atoms with E-state index in [4.69, 9.17) is 11.2 Å². The molecule has 0 bridgehead atoms. The van der Waals surface area contributed by atoms with Crippen LogP contribution in [0.1, 0.15) is 26.3 Å². The van der Waals surface area contributed by atoms with Crippen molar-refractivity contribution in [3.8, 4) is 12.3 Å². The van der Waals surface area contributed by atoms with E-state index in [1.165, 1.54) is 0 Å². The minimum Gasteiger partial charge on any atom is -0.444 e. The Morgan fingerprint density at radius 2 is 1.94 bits per heavy atom. The van der Waals surface area contributed by atoms with E-state index in [9.17, 15) is 4.79 Å². The first kappa shape index (κ1) is 13.1. The number of anilines is 1. The number of nitrogens with one attached hydrogen (secondary N) is 1. The van der Waals surface area contributed by atoms with Gasteiger partial charge in [0.25, 0.3) is 0 Å². The molecule has 0 heterocycles. The van der Waals surface area contributed by atoms with Crippen LogP contribution in [0, 0.1) is 12.3 Å². The van der Waals surface area contributed by atoms with E-state index in [1.54, 1.807) is 12.1 Å². The number of carbonyl (C=O) groups is 1. The standard InChI is InChI=1S/C14H17NO2/c1-5-6-11-7-9-12(10-8-11)15-13(16)17-14(2,3)4/h1,7-10H,6H2,2-4H3,(H,15,16). The largest absolute Gasteiger partial charge is 0.444 e.